The van der Waals surface area contributed by atoms with Gasteiger partial charge in [0, 0.05) is 31.0 Å². The highest BCUT2D eigenvalue weighted by Crippen LogP contribution is 2.37. The highest BCUT2D eigenvalue weighted by atomic mass is 16.1. The molecule has 3 rings (SSSR count). The molecule has 3 atom stereocenters. The molecule has 0 aliphatic carbocycles. The van der Waals surface area contributed by atoms with E-state index in [-0.39, 0.29) is 12.0 Å². The lowest BCUT2D eigenvalue weighted by atomic mass is 9.81. The summed E-state index contributed by atoms with van der Waals surface area (Å²) in [6.07, 6.45) is 6.20. The van der Waals surface area contributed by atoms with E-state index in [1.807, 2.05) is 6.07 Å². The van der Waals surface area contributed by atoms with Crippen LogP contribution in [0.25, 0.3) is 0 Å². The summed E-state index contributed by atoms with van der Waals surface area (Å²) in [5.74, 6) is 0.540. The molecule has 1 aromatic rings. The number of ketones is 1. The fraction of sp³-hybridized carbons (Fsp3) is 0.438. The van der Waals surface area contributed by atoms with E-state index in [1.165, 1.54) is 5.56 Å². The Bertz CT molecular complexity index is 465. The van der Waals surface area contributed by atoms with E-state index in [2.05, 4.69) is 48.2 Å². The van der Waals surface area contributed by atoms with Crippen molar-refractivity contribution >= 4 is 5.78 Å². The molecule has 1 aromatic carbocycles. The van der Waals surface area contributed by atoms with Crippen molar-refractivity contribution in [3.05, 3.63) is 48.0 Å². The van der Waals surface area contributed by atoms with Crippen LogP contribution in [0.4, 0.5) is 0 Å². The van der Waals surface area contributed by atoms with Crippen molar-refractivity contribution in [3.8, 4) is 0 Å². The summed E-state index contributed by atoms with van der Waals surface area (Å²) >= 11 is 0. The second-order valence-corrected chi connectivity index (χ2v) is 5.33. The maximum absolute atomic E-state index is 12.2. The Kier molecular flexibility index (Phi) is 3.04. The van der Waals surface area contributed by atoms with Gasteiger partial charge in [-0.3, -0.25) is 9.69 Å². The number of nitrogens with zero attached hydrogens (tertiary/aromatic N) is 1. The lowest BCUT2D eigenvalue weighted by molar-refractivity contribution is -0.130. The minimum Gasteiger partial charge on any atom is -0.299 e. The summed E-state index contributed by atoms with van der Waals surface area (Å²) in [7, 11) is 0. The van der Waals surface area contributed by atoms with Crippen LogP contribution in [-0.4, -0.2) is 23.3 Å². The van der Waals surface area contributed by atoms with Gasteiger partial charge in [0.15, 0.2) is 0 Å². The third-order valence-electron chi connectivity index (χ3n) is 4.27. The summed E-state index contributed by atoms with van der Waals surface area (Å²) in [6.45, 7) is 3.13. The van der Waals surface area contributed by atoms with Crippen molar-refractivity contribution < 1.29 is 4.79 Å². The summed E-state index contributed by atoms with van der Waals surface area (Å²) in [5, 5.41) is 0. The molecule has 0 amide bonds. The zero-order valence-electron chi connectivity index (χ0n) is 10.8. The Morgan fingerprint density at radius 2 is 2.00 bits per heavy atom. The van der Waals surface area contributed by atoms with E-state index in [1.54, 1.807) is 0 Å². The maximum atomic E-state index is 12.2. The number of hydrogen-bond acceptors (Lipinski definition) is 2. The van der Waals surface area contributed by atoms with E-state index >= 15 is 0 Å². The Balaban J connectivity index is 1.95. The predicted octanol–water partition coefficient (Wildman–Crippen LogP) is 2.97. The first-order chi connectivity index (χ1) is 8.77. The standard InChI is InChI=1S/C16H19NO/c1-12-14-9-5-6-10-17(14)15(11-16(12)18)13-7-3-2-4-8-13/h2-5,7-9,12,14-15H,6,10-11H2,1H3/t12-,14-,15-/m0/s1. The van der Waals surface area contributed by atoms with Crippen LogP contribution in [0.3, 0.4) is 0 Å². The molecular formula is C16H19NO. The fourth-order valence-corrected chi connectivity index (χ4v) is 3.21. The molecule has 2 heterocycles. The molecule has 94 valence electrons. The van der Waals surface area contributed by atoms with Crippen LogP contribution in [0.1, 0.15) is 31.4 Å². The van der Waals surface area contributed by atoms with Gasteiger partial charge in [-0.2, -0.15) is 0 Å². The minimum atomic E-state index is 0.140. The molecule has 18 heavy (non-hydrogen) atoms. The van der Waals surface area contributed by atoms with Gasteiger partial charge in [0.05, 0.1) is 0 Å². The van der Waals surface area contributed by atoms with Gasteiger partial charge in [0.25, 0.3) is 0 Å². The van der Waals surface area contributed by atoms with Gasteiger partial charge in [0.2, 0.25) is 0 Å². The molecule has 1 saturated heterocycles. The molecule has 2 nitrogen and oxygen atoms in total. The Labute approximate surface area is 108 Å². The van der Waals surface area contributed by atoms with Gasteiger partial charge in [-0.05, 0) is 12.0 Å². The number of carbonyl (C=O) groups is 1. The van der Waals surface area contributed by atoms with Crippen molar-refractivity contribution in [2.45, 2.75) is 31.8 Å². The van der Waals surface area contributed by atoms with Crippen molar-refractivity contribution in [2.75, 3.05) is 6.54 Å². The SMILES string of the molecule is C[C@@H]1C(=O)C[C@@H](c2ccccc2)N2CCC=C[C@@H]12. The van der Waals surface area contributed by atoms with Crippen molar-refractivity contribution in [2.24, 2.45) is 5.92 Å². The quantitative estimate of drug-likeness (QED) is 0.704. The van der Waals surface area contributed by atoms with Crippen molar-refractivity contribution in [1.82, 2.24) is 4.90 Å². The fourth-order valence-electron chi connectivity index (χ4n) is 3.21. The van der Waals surface area contributed by atoms with E-state index in [0.717, 1.165) is 13.0 Å². The monoisotopic (exact) mass is 241 g/mol. The smallest absolute Gasteiger partial charge is 0.139 e. The lowest BCUT2D eigenvalue weighted by Gasteiger charge is -2.45. The third kappa shape index (κ3) is 1.91. The number of fused-ring (bicyclic) bond motifs is 1. The largest absolute Gasteiger partial charge is 0.299 e. The Morgan fingerprint density at radius 1 is 1.22 bits per heavy atom. The van der Waals surface area contributed by atoms with Crippen LogP contribution in [0.5, 0.6) is 0 Å². The van der Waals surface area contributed by atoms with E-state index in [4.69, 9.17) is 0 Å². The number of carbonyl (C=O) groups excluding carboxylic acids is 1. The molecular weight excluding hydrogens is 222 g/mol. The van der Waals surface area contributed by atoms with Gasteiger partial charge in [-0.25, -0.2) is 0 Å². The molecule has 0 aromatic heterocycles. The third-order valence-corrected chi connectivity index (χ3v) is 4.27. The molecule has 0 radical (unpaired) electrons. The average molecular weight is 241 g/mol. The van der Waals surface area contributed by atoms with Gasteiger partial charge < -0.3 is 0 Å². The lowest BCUT2D eigenvalue weighted by Crippen LogP contribution is -2.50. The minimum absolute atomic E-state index is 0.140. The zero-order valence-corrected chi connectivity index (χ0v) is 10.8. The van der Waals surface area contributed by atoms with Gasteiger partial charge >= 0.3 is 0 Å². The van der Waals surface area contributed by atoms with Crippen molar-refractivity contribution in [1.29, 1.82) is 0 Å². The average Bonchev–Trinajstić information content (AvgIpc) is 2.44. The first kappa shape index (κ1) is 11.7. The summed E-state index contributed by atoms with van der Waals surface area (Å²) in [4.78, 5) is 14.7. The summed E-state index contributed by atoms with van der Waals surface area (Å²) < 4.78 is 0. The van der Waals surface area contributed by atoms with Crippen LogP contribution in [-0.2, 0) is 4.79 Å². The van der Waals surface area contributed by atoms with Crippen LogP contribution < -0.4 is 0 Å². The second-order valence-electron chi connectivity index (χ2n) is 5.33. The number of piperidine rings is 1. The molecule has 0 bridgehead atoms. The Hall–Kier alpha value is -1.41. The topological polar surface area (TPSA) is 20.3 Å². The first-order valence-electron chi connectivity index (χ1n) is 6.77. The van der Waals surface area contributed by atoms with E-state index in [0.29, 0.717) is 18.2 Å². The van der Waals surface area contributed by atoms with Crippen LogP contribution in [0.2, 0.25) is 0 Å². The highest BCUT2D eigenvalue weighted by molar-refractivity contribution is 5.83. The van der Waals surface area contributed by atoms with Crippen LogP contribution >= 0.6 is 0 Å². The number of Topliss-reactive ketones (excluding diaryl/α,β-unsaturated/α-hetero) is 1. The van der Waals surface area contributed by atoms with Gasteiger partial charge in [-0.15, -0.1) is 0 Å². The molecule has 0 spiro atoms. The molecule has 2 heteroatoms. The van der Waals surface area contributed by atoms with Crippen molar-refractivity contribution in [3.63, 3.8) is 0 Å². The molecule has 2 aliphatic heterocycles. The van der Waals surface area contributed by atoms with E-state index in [9.17, 15) is 4.79 Å². The number of hydrogen-bond donors (Lipinski definition) is 0. The molecule has 0 unspecified atom stereocenters. The van der Waals surface area contributed by atoms with Gasteiger partial charge in [0.1, 0.15) is 5.78 Å². The maximum Gasteiger partial charge on any atom is 0.139 e. The molecule has 0 saturated carbocycles. The first-order valence-corrected chi connectivity index (χ1v) is 6.77. The number of benzene rings is 1. The number of rotatable bonds is 1. The van der Waals surface area contributed by atoms with Gasteiger partial charge in [-0.1, -0.05) is 49.4 Å². The molecule has 0 N–H and O–H groups in total. The summed E-state index contributed by atoms with van der Waals surface area (Å²) in [5.41, 5.74) is 1.28. The molecule has 2 aliphatic rings. The second kappa shape index (κ2) is 4.69. The van der Waals surface area contributed by atoms with E-state index < -0.39 is 0 Å². The summed E-state index contributed by atoms with van der Waals surface area (Å²) in [6, 6.07) is 11.0. The zero-order chi connectivity index (χ0) is 12.5. The molecule has 1 fully saturated rings. The predicted molar refractivity (Wildman–Crippen MR) is 72.2 cm³/mol. The highest BCUT2D eigenvalue weighted by Gasteiger charge is 2.39. The Morgan fingerprint density at radius 3 is 2.78 bits per heavy atom. The normalized spacial score (nSPS) is 32.3. The van der Waals surface area contributed by atoms with Crippen LogP contribution in [0.15, 0.2) is 42.5 Å². The van der Waals surface area contributed by atoms with Crippen LogP contribution in [0, 0.1) is 5.92 Å².